The van der Waals surface area contributed by atoms with Crippen molar-refractivity contribution in [3.8, 4) is 28.7 Å². The normalized spacial score (nSPS) is 19.4. The van der Waals surface area contributed by atoms with Crippen LogP contribution in [0.5, 0.6) is 28.7 Å². The van der Waals surface area contributed by atoms with Crippen molar-refractivity contribution >= 4 is 29.7 Å². The Balaban J connectivity index is 0.000000446. The van der Waals surface area contributed by atoms with Crippen LogP contribution in [0.1, 0.15) is 105 Å². The lowest BCUT2D eigenvalue weighted by Crippen LogP contribution is -2.71. The van der Waals surface area contributed by atoms with E-state index in [0.29, 0.717) is 49.5 Å². The molecule has 5 unspecified atom stereocenters. The van der Waals surface area contributed by atoms with E-state index in [1.807, 2.05) is 67.0 Å². The molecule has 4 fully saturated rings. The minimum Gasteiger partial charge on any atom is -0.496 e. The second-order valence-electron chi connectivity index (χ2n) is 19.4. The lowest BCUT2D eigenvalue weighted by molar-refractivity contribution is -0.763. The molecule has 5 atom stereocenters. The predicted molar refractivity (Wildman–Crippen MR) is 285 cm³/mol. The summed E-state index contributed by atoms with van der Waals surface area (Å²) in [7, 11) is 1.65. The van der Waals surface area contributed by atoms with E-state index in [1.165, 1.54) is 18.2 Å². The van der Waals surface area contributed by atoms with Crippen molar-refractivity contribution in [2.45, 2.75) is 123 Å². The van der Waals surface area contributed by atoms with E-state index in [-0.39, 0.29) is 70.9 Å². The number of hydrogen-bond acceptors (Lipinski definition) is 14. The van der Waals surface area contributed by atoms with Gasteiger partial charge < -0.3 is 44.0 Å². The second-order valence-corrected chi connectivity index (χ2v) is 19.8. The van der Waals surface area contributed by atoms with Crippen LogP contribution in [0.4, 0.5) is 14.0 Å². The number of rotatable bonds is 21. The van der Waals surface area contributed by atoms with Crippen molar-refractivity contribution in [3.05, 3.63) is 168 Å². The van der Waals surface area contributed by atoms with E-state index in [9.17, 15) is 34.2 Å². The molecule has 416 valence electrons. The van der Waals surface area contributed by atoms with Gasteiger partial charge >= 0.3 is 12.2 Å². The molecule has 3 saturated carbocycles. The number of benzene rings is 5. The van der Waals surface area contributed by atoms with Gasteiger partial charge in [0.25, 0.3) is 10.2 Å². The molecule has 5 aromatic carbocycles. The van der Waals surface area contributed by atoms with Crippen LogP contribution in [0, 0.1) is 51.2 Å². The summed E-state index contributed by atoms with van der Waals surface area (Å²) in [5.74, 6) is 0.916. The Labute approximate surface area is 456 Å². The molecule has 1 spiro atoms. The third-order valence-electron chi connectivity index (χ3n) is 14.4. The van der Waals surface area contributed by atoms with E-state index in [2.05, 4.69) is 20.5 Å². The standard InChI is InChI=1S/C47H51ClFN3O9.C8H8N2O5.C2H6/c1-29-22-38(48)43(39(49)23-29)59-21-5-4-20-58-35-16-12-33(13-17-35)37-26-47-19-7-10-41(47)51(46(54)61-36-9-6-8-32(25-36)28-60-52(55)56)44(47)42(37)45(53)50(34-14-15-34)27-31-11-18-40(57-3)30(2)24-31;9-8(11)15-7-3-1-2-6(4-7)5-14-10(12)13;1-2/h6,8-9,11-13,16-18,22-25,34,37,41-42,44H,4-5,7,10,14-15,19-21,26-28H2,1-3H3;1-4H,5H2,(H2,9,11);1-2H3. The molecule has 4 aliphatic rings. The Kier molecular flexibility index (Phi) is 19.6. The number of halogens is 2. The third kappa shape index (κ3) is 14.2. The first-order chi connectivity index (χ1) is 37.5. The summed E-state index contributed by atoms with van der Waals surface area (Å²) in [6.07, 6.45) is 5.15. The fraction of sp³-hybridized carbons (Fsp3) is 0.421. The van der Waals surface area contributed by atoms with Gasteiger partial charge in [-0.15, -0.1) is 20.2 Å². The van der Waals surface area contributed by atoms with Gasteiger partial charge in [0.1, 0.15) is 36.2 Å². The number of nitrogens with zero attached hydrogens (tertiary/aromatic N) is 4. The van der Waals surface area contributed by atoms with Gasteiger partial charge in [-0.3, -0.25) is 9.69 Å². The molecule has 1 saturated heterocycles. The molecular weight excluding hydrogens is 1030 g/mol. The van der Waals surface area contributed by atoms with Crippen LogP contribution in [-0.2, 0) is 34.2 Å². The summed E-state index contributed by atoms with van der Waals surface area (Å²) in [4.78, 5) is 73.3. The molecule has 3 amide bonds. The highest BCUT2D eigenvalue weighted by Crippen LogP contribution is 2.68. The summed E-state index contributed by atoms with van der Waals surface area (Å²) in [6.45, 7) is 8.49. The molecular formula is C57H65ClFN5O14. The number of carbonyl (C=O) groups is 3. The van der Waals surface area contributed by atoms with Crippen LogP contribution in [0.2, 0.25) is 5.02 Å². The van der Waals surface area contributed by atoms with Crippen LogP contribution < -0.4 is 29.4 Å². The van der Waals surface area contributed by atoms with Crippen molar-refractivity contribution in [2.75, 3.05) is 20.3 Å². The van der Waals surface area contributed by atoms with E-state index in [1.54, 1.807) is 56.5 Å². The number of carbonyl (C=O) groups excluding carboxylic acids is 3. The number of nitrogens with two attached hydrogens (primary N) is 1. The Morgan fingerprint density at radius 2 is 1.42 bits per heavy atom. The fourth-order valence-corrected chi connectivity index (χ4v) is 11.4. The zero-order chi connectivity index (χ0) is 56.1. The zero-order valence-corrected chi connectivity index (χ0v) is 45.0. The zero-order valence-electron chi connectivity index (χ0n) is 44.2. The molecule has 1 heterocycles. The Bertz CT molecular complexity index is 2900. The number of primary amides is 1. The molecule has 0 aromatic heterocycles. The van der Waals surface area contributed by atoms with Gasteiger partial charge in [0.15, 0.2) is 11.6 Å². The van der Waals surface area contributed by atoms with Crippen LogP contribution in [0.15, 0.2) is 103 Å². The van der Waals surface area contributed by atoms with E-state index < -0.39 is 34.1 Å². The molecule has 19 nitrogen and oxygen atoms in total. The maximum Gasteiger partial charge on any atom is 0.415 e. The molecule has 0 bridgehead atoms. The average molecular weight is 1100 g/mol. The second kappa shape index (κ2) is 26.5. The van der Waals surface area contributed by atoms with Crippen molar-refractivity contribution in [1.82, 2.24) is 9.80 Å². The summed E-state index contributed by atoms with van der Waals surface area (Å²) < 4.78 is 42.1. The van der Waals surface area contributed by atoms with Crippen LogP contribution in [0.3, 0.4) is 0 Å². The third-order valence-corrected chi connectivity index (χ3v) is 14.6. The molecule has 3 aliphatic carbocycles. The van der Waals surface area contributed by atoms with Gasteiger partial charge in [0.05, 0.1) is 37.3 Å². The van der Waals surface area contributed by atoms with Crippen LogP contribution >= 0.6 is 11.6 Å². The number of hydrogen-bond donors (Lipinski definition) is 1. The number of methoxy groups -OCH3 is 1. The maximum absolute atomic E-state index is 15.3. The molecule has 1 aliphatic heterocycles. The van der Waals surface area contributed by atoms with Gasteiger partial charge in [-0.05, 0) is 153 Å². The number of unbranched alkanes of at least 4 members (excludes halogenated alkanes) is 1. The summed E-state index contributed by atoms with van der Waals surface area (Å²) in [5, 5.41) is 19.2. The number of amides is 3. The first kappa shape index (κ1) is 57.8. The lowest BCUT2D eigenvalue weighted by Gasteiger charge is -2.58. The number of aryl methyl sites for hydroxylation is 2. The van der Waals surface area contributed by atoms with E-state index >= 15 is 4.79 Å². The van der Waals surface area contributed by atoms with Crippen molar-refractivity contribution in [3.63, 3.8) is 0 Å². The largest absolute Gasteiger partial charge is 0.496 e. The minimum atomic E-state index is -0.942. The highest BCUT2D eigenvalue weighted by atomic mass is 35.5. The van der Waals surface area contributed by atoms with Gasteiger partial charge in [0, 0.05) is 24.0 Å². The van der Waals surface area contributed by atoms with Crippen molar-refractivity contribution < 1.29 is 62.3 Å². The quantitative estimate of drug-likeness (QED) is 0.0409. The maximum atomic E-state index is 15.3. The first-order valence-corrected chi connectivity index (χ1v) is 26.4. The molecule has 9 rings (SSSR count). The molecule has 21 heteroatoms. The Morgan fingerprint density at radius 3 is 2.00 bits per heavy atom. The summed E-state index contributed by atoms with van der Waals surface area (Å²) >= 11 is 6.18. The van der Waals surface area contributed by atoms with Gasteiger partial charge in [-0.25, -0.2) is 14.0 Å². The fourth-order valence-electron chi connectivity index (χ4n) is 11.1. The van der Waals surface area contributed by atoms with Gasteiger partial charge in [-0.1, -0.05) is 80.4 Å². The van der Waals surface area contributed by atoms with E-state index in [0.717, 1.165) is 66.5 Å². The van der Waals surface area contributed by atoms with Gasteiger partial charge in [0.2, 0.25) is 5.91 Å². The first-order valence-electron chi connectivity index (χ1n) is 26.0. The predicted octanol–water partition coefficient (Wildman–Crippen LogP) is 11.6. The topological polar surface area (TPSA) is 235 Å². The smallest absolute Gasteiger partial charge is 0.415 e. The molecule has 78 heavy (non-hydrogen) atoms. The average Bonchev–Trinajstić information content (AvgIpc) is 4.23. The van der Waals surface area contributed by atoms with Crippen molar-refractivity contribution in [2.24, 2.45) is 17.1 Å². The van der Waals surface area contributed by atoms with Crippen molar-refractivity contribution in [1.29, 1.82) is 0 Å². The number of likely N-dealkylation sites (tertiary alicyclic amines) is 1. The Morgan fingerprint density at radius 1 is 0.795 bits per heavy atom. The van der Waals surface area contributed by atoms with Crippen LogP contribution in [-0.4, -0.2) is 76.5 Å². The van der Waals surface area contributed by atoms with E-state index in [4.69, 9.17) is 36.3 Å². The lowest BCUT2D eigenvalue weighted by atomic mass is 9.66. The van der Waals surface area contributed by atoms with Crippen LogP contribution in [0.25, 0.3) is 0 Å². The monoisotopic (exact) mass is 1100 g/mol. The highest BCUT2D eigenvalue weighted by molar-refractivity contribution is 6.32. The highest BCUT2D eigenvalue weighted by Gasteiger charge is 2.73. The number of ether oxygens (including phenoxy) is 5. The molecule has 0 radical (unpaired) electrons. The minimum absolute atomic E-state index is 0.0410. The molecule has 2 N–H and O–H groups in total. The summed E-state index contributed by atoms with van der Waals surface area (Å²) in [6, 6.07) is 29.4. The summed E-state index contributed by atoms with van der Waals surface area (Å²) in [5.41, 5.74) is 9.32. The van der Waals surface area contributed by atoms with Gasteiger partial charge in [-0.2, -0.15) is 0 Å². The Hall–Kier alpha value is -7.87. The SMILES string of the molecule is CC.COc1ccc(CN(C(=O)C2C(c3ccc(OCCCCOc4c(F)cc(C)cc4Cl)cc3)CC34CCCC3N(C(=O)Oc3cccc(CO[N+](=O)[O-])c3)C24)C2CC2)cc1C.NC(=O)Oc1cccc(CO[N+](=O)[O-])c1. The molecule has 5 aromatic rings.